The second kappa shape index (κ2) is 5.69. The number of nitrogens with zero attached hydrogens (tertiary/aromatic N) is 1. The highest BCUT2D eigenvalue weighted by atomic mass is 32.1. The molecule has 2 rings (SSSR count). The van der Waals surface area contributed by atoms with Gasteiger partial charge in [0.25, 0.3) is 0 Å². The number of carboxylic acid groups (broad SMARTS) is 1. The highest BCUT2D eigenvalue weighted by Crippen LogP contribution is 2.32. The van der Waals surface area contributed by atoms with E-state index in [1.165, 1.54) is 11.3 Å². The molecule has 1 atom stereocenters. The second-order valence-electron chi connectivity index (χ2n) is 4.66. The molecule has 2 aromatic rings. The van der Waals surface area contributed by atoms with Gasteiger partial charge in [0.2, 0.25) is 0 Å². The molecule has 0 aliphatic heterocycles. The third-order valence-corrected chi connectivity index (χ3v) is 4.52. The van der Waals surface area contributed by atoms with Crippen LogP contribution in [-0.2, 0) is 6.54 Å². The van der Waals surface area contributed by atoms with Crippen LogP contribution < -0.4 is 0 Å². The van der Waals surface area contributed by atoms with Gasteiger partial charge in [-0.05, 0) is 31.0 Å². The number of aliphatic hydroxyl groups excluding tert-OH is 1. The maximum absolute atomic E-state index is 11.4. The summed E-state index contributed by atoms with van der Waals surface area (Å²) in [7, 11) is 1.89. The van der Waals surface area contributed by atoms with Crippen molar-refractivity contribution in [3.63, 3.8) is 0 Å². The van der Waals surface area contributed by atoms with Gasteiger partial charge in [-0.25, -0.2) is 4.79 Å². The summed E-state index contributed by atoms with van der Waals surface area (Å²) in [6.07, 6.45) is 0. The lowest BCUT2D eigenvalue weighted by atomic mass is 10.1. The van der Waals surface area contributed by atoms with Crippen LogP contribution >= 0.6 is 11.3 Å². The first-order chi connectivity index (χ1) is 9.04. The SMILES string of the molecule is CC(CO)N(C)Cc1c(C(=O)O)sc2ccccc12. The van der Waals surface area contributed by atoms with Crippen molar-refractivity contribution in [2.75, 3.05) is 13.7 Å². The number of aromatic carboxylic acids is 1. The standard InChI is InChI=1S/C14H17NO3S/c1-9(8-16)15(2)7-11-10-5-3-4-6-12(10)19-13(11)14(17)18/h3-6,9,16H,7-8H2,1-2H3,(H,17,18). The number of hydrogen-bond acceptors (Lipinski definition) is 4. The van der Waals surface area contributed by atoms with Crippen LogP contribution in [0.15, 0.2) is 24.3 Å². The Hall–Kier alpha value is -1.43. The van der Waals surface area contributed by atoms with Crippen LogP contribution in [-0.4, -0.2) is 40.8 Å². The maximum atomic E-state index is 11.4. The fourth-order valence-electron chi connectivity index (χ4n) is 1.97. The van der Waals surface area contributed by atoms with Crippen LogP contribution in [0.4, 0.5) is 0 Å². The van der Waals surface area contributed by atoms with Gasteiger partial charge in [-0.2, -0.15) is 0 Å². The van der Waals surface area contributed by atoms with Crippen LogP contribution in [0.3, 0.4) is 0 Å². The maximum Gasteiger partial charge on any atom is 0.346 e. The van der Waals surface area contributed by atoms with Crippen molar-refractivity contribution in [1.82, 2.24) is 4.90 Å². The van der Waals surface area contributed by atoms with E-state index in [9.17, 15) is 15.0 Å². The Morgan fingerprint density at radius 1 is 1.42 bits per heavy atom. The minimum atomic E-state index is -0.888. The van der Waals surface area contributed by atoms with Crippen molar-refractivity contribution in [2.45, 2.75) is 19.5 Å². The molecule has 0 aliphatic carbocycles. The first-order valence-electron chi connectivity index (χ1n) is 6.09. The van der Waals surface area contributed by atoms with E-state index in [-0.39, 0.29) is 12.6 Å². The van der Waals surface area contributed by atoms with Crippen molar-refractivity contribution in [3.05, 3.63) is 34.7 Å². The Morgan fingerprint density at radius 2 is 2.11 bits per heavy atom. The van der Waals surface area contributed by atoms with Gasteiger partial charge < -0.3 is 10.2 Å². The predicted molar refractivity (Wildman–Crippen MR) is 76.8 cm³/mol. The minimum absolute atomic E-state index is 0.000284. The molecule has 2 N–H and O–H groups in total. The molecule has 19 heavy (non-hydrogen) atoms. The predicted octanol–water partition coefficient (Wildman–Crippen LogP) is 2.41. The van der Waals surface area contributed by atoms with Crippen LogP contribution in [0.1, 0.15) is 22.2 Å². The Balaban J connectivity index is 2.45. The van der Waals surface area contributed by atoms with Gasteiger partial charge in [-0.15, -0.1) is 11.3 Å². The topological polar surface area (TPSA) is 60.8 Å². The van der Waals surface area contributed by atoms with E-state index in [0.29, 0.717) is 11.4 Å². The summed E-state index contributed by atoms with van der Waals surface area (Å²) in [6, 6.07) is 7.71. The second-order valence-corrected chi connectivity index (χ2v) is 5.71. The van der Waals surface area contributed by atoms with E-state index < -0.39 is 5.97 Å². The third-order valence-electron chi connectivity index (χ3n) is 3.32. The number of hydrogen-bond donors (Lipinski definition) is 2. The number of carboxylic acids is 1. The number of benzene rings is 1. The number of rotatable bonds is 5. The lowest BCUT2D eigenvalue weighted by Crippen LogP contribution is -2.31. The van der Waals surface area contributed by atoms with Crippen LogP contribution in [0.25, 0.3) is 10.1 Å². The van der Waals surface area contributed by atoms with E-state index in [1.807, 2.05) is 43.1 Å². The molecule has 0 saturated heterocycles. The average Bonchev–Trinajstić information content (AvgIpc) is 2.77. The summed E-state index contributed by atoms with van der Waals surface area (Å²) in [4.78, 5) is 13.7. The highest BCUT2D eigenvalue weighted by Gasteiger charge is 2.20. The molecule has 1 aromatic carbocycles. The fourth-order valence-corrected chi connectivity index (χ4v) is 3.03. The van der Waals surface area contributed by atoms with Gasteiger partial charge in [-0.3, -0.25) is 4.90 Å². The molecule has 0 bridgehead atoms. The quantitative estimate of drug-likeness (QED) is 0.882. The van der Waals surface area contributed by atoms with E-state index in [2.05, 4.69) is 0 Å². The van der Waals surface area contributed by atoms with Gasteiger partial charge in [0.05, 0.1) is 6.61 Å². The lowest BCUT2D eigenvalue weighted by molar-refractivity contribution is 0.0699. The minimum Gasteiger partial charge on any atom is -0.477 e. The van der Waals surface area contributed by atoms with E-state index >= 15 is 0 Å². The van der Waals surface area contributed by atoms with Crippen LogP contribution in [0, 0.1) is 0 Å². The fraction of sp³-hybridized carbons (Fsp3) is 0.357. The van der Waals surface area contributed by atoms with Gasteiger partial charge in [0.15, 0.2) is 0 Å². The van der Waals surface area contributed by atoms with E-state index in [1.54, 1.807) is 0 Å². The molecule has 1 unspecified atom stereocenters. The molecule has 0 spiro atoms. The van der Waals surface area contributed by atoms with Gasteiger partial charge in [0.1, 0.15) is 4.88 Å². The summed E-state index contributed by atoms with van der Waals surface area (Å²) in [6.45, 7) is 2.49. The molecule has 4 nitrogen and oxygen atoms in total. The monoisotopic (exact) mass is 279 g/mol. The van der Waals surface area contributed by atoms with Crippen LogP contribution in [0.2, 0.25) is 0 Å². The zero-order chi connectivity index (χ0) is 14.0. The summed E-state index contributed by atoms with van der Waals surface area (Å²) < 4.78 is 0.986. The molecule has 5 heteroatoms. The Labute approximate surface area is 115 Å². The van der Waals surface area contributed by atoms with Gasteiger partial charge >= 0.3 is 5.97 Å². The average molecular weight is 279 g/mol. The summed E-state index contributed by atoms with van der Waals surface area (Å²) in [5, 5.41) is 19.5. The number of fused-ring (bicyclic) bond motifs is 1. The smallest absolute Gasteiger partial charge is 0.346 e. The number of likely N-dealkylation sites (N-methyl/N-ethyl adjacent to an activating group) is 1. The Kier molecular flexibility index (Phi) is 4.19. The Bertz CT molecular complexity index is 593. The number of carbonyl (C=O) groups is 1. The normalized spacial score (nSPS) is 13.1. The van der Waals surface area contributed by atoms with Crippen molar-refractivity contribution in [3.8, 4) is 0 Å². The molecule has 0 aliphatic rings. The number of aliphatic hydroxyl groups is 1. The first-order valence-corrected chi connectivity index (χ1v) is 6.91. The van der Waals surface area contributed by atoms with Crippen molar-refractivity contribution >= 4 is 27.4 Å². The Morgan fingerprint density at radius 3 is 2.74 bits per heavy atom. The largest absolute Gasteiger partial charge is 0.477 e. The third kappa shape index (κ3) is 2.78. The molecular formula is C14H17NO3S. The molecule has 1 heterocycles. The molecule has 0 fully saturated rings. The number of thiophene rings is 1. The van der Waals surface area contributed by atoms with Gasteiger partial charge in [-0.1, -0.05) is 18.2 Å². The summed E-state index contributed by atoms with van der Waals surface area (Å²) >= 11 is 1.30. The molecule has 0 saturated carbocycles. The van der Waals surface area contributed by atoms with Gasteiger partial charge in [0, 0.05) is 17.3 Å². The van der Waals surface area contributed by atoms with Crippen LogP contribution in [0.5, 0.6) is 0 Å². The van der Waals surface area contributed by atoms with Crippen molar-refractivity contribution in [1.29, 1.82) is 0 Å². The zero-order valence-corrected chi connectivity index (χ0v) is 11.8. The molecule has 0 radical (unpaired) electrons. The summed E-state index contributed by atoms with van der Waals surface area (Å²) in [5.74, 6) is -0.888. The van der Waals surface area contributed by atoms with Crippen molar-refractivity contribution in [2.24, 2.45) is 0 Å². The van der Waals surface area contributed by atoms with E-state index in [4.69, 9.17) is 0 Å². The van der Waals surface area contributed by atoms with Crippen molar-refractivity contribution < 1.29 is 15.0 Å². The molecule has 102 valence electrons. The summed E-state index contributed by atoms with van der Waals surface area (Å²) in [5.41, 5.74) is 0.830. The first kappa shape index (κ1) is 14.0. The molecule has 0 amide bonds. The molecule has 1 aromatic heterocycles. The lowest BCUT2D eigenvalue weighted by Gasteiger charge is -2.22. The zero-order valence-electron chi connectivity index (χ0n) is 11.0. The van der Waals surface area contributed by atoms with E-state index in [0.717, 1.165) is 15.6 Å². The highest BCUT2D eigenvalue weighted by molar-refractivity contribution is 7.21. The molecular weight excluding hydrogens is 262 g/mol.